The van der Waals surface area contributed by atoms with Crippen LogP contribution in [-0.2, 0) is 4.74 Å². The molecule has 0 saturated carbocycles. The Morgan fingerprint density at radius 3 is 2.54 bits per heavy atom. The second-order valence-electron chi connectivity index (χ2n) is 7.37. The van der Waals surface area contributed by atoms with Gasteiger partial charge in [-0.2, -0.15) is 0 Å². The molecule has 0 N–H and O–H groups in total. The minimum atomic E-state index is -0.242. The van der Waals surface area contributed by atoms with Gasteiger partial charge in [-0.25, -0.2) is 0 Å². The second-order valence-corrected chi connectivity index (χ2v) is 7.37. The van der Waals surface area contributed by atoms with Gasteiger partial charge in [0.2, 0.25) is 0 Å². The maximum atomic E-state index is 6.01. The van der Waals surface area contributed by atoms with Crippen LogP contribution >= 0.6 is 0 Å². The highest BCUT2D eigenvalue weighted by Crippen LogP contribution is 2.38. The van der Waals surface area contributed by atoms with Gasteiger partial charge < -0.3 is 4.74 Å². The number of hydrogen-bond donors (Lipinski definition) is 0. The van der Waals surface area contributed by atoms with Crippen LogP contribution in [0.3, 0.4) is 0 Å². The fourth-order valence-corrected chi connectivity index (χ4v) is 4.26. The van der Waals surface area contributed by atoms with E-state index in [1.807, 2.05) is 7.11 Å². The van der Waals surface area contributed by atoms with Gasteiger partial charge in [0.25, 0.3) is 0 Å². The number of benzene rings is 1. The number of fused-ring (bicyclic) bond motifs is 3. The maximum Gasteiger partial charge on any atom is 0.143 e. The van der Waals surface area contributed by atoms with E-state index in [4.69, 9.17) is 4.74 Å². The first-order chi connectivity index (χ1) is 11.8. The van der Waals surface area contributed by atoms with Gasteiger partial charge in [0.1, 0.15) is 5.60 Å². The van der Waals surface area contributed by atoms with Crippen LogP contribution in [0.4, 0.5) is 0 Å². The summed E-state index contributed by atoms with van der Waals surface area (Å²) in [4.78, 5) is 2.52. The zero-order valence-corrected chi connectivity index (χ0v) is 15.3. The minimum Gasteiger partial charge on any atom is -0.364 e. The Balaban J connectivity index is 1.80. The summed E-state index contributed by atoms with van der Waals surface area (Å²) in [5.74, 6) is 8.20. The third kappa shape index (κ3) is 3.85. The summed E-state index contributed by atoms with van der Waals surface area (Å²) in [7, 11) is 1.85. The highest BCUT2D eigenvalue weighted by atomic mass is 16.5. The molecule has 0 aromatic heterocycles. The molecular weight excluding hydrogens is 294 g/mol. The first-order valence-electron chi connectivity index (χ1n) is 9.62. The summed E-state index contributed by atoms with van der Waals surface area (Å²) in [6, 6.07) is 10.8. The molecule has 0 amide bonds. The van der Waals surface area contributed by atoms with Crippen LogP contribution in [-0.4, -0.2) is 37.2 Å². The van der Waals surface area contributed by atoms with Crippen molar-refractivity contribution in [1.82, 2.24) is 4.90 Å². The third-order valence-electron chi connectivity index (χ3n) is 5.83. The van der Waals surface area contributed by atoms with Gasteiger partial charge in [-0.05, 0) is 37.9 Å². The predicted octanol–water partition coefficient (Wildman–Crippen LogP) is 4.46. The van der Waals surface area contributed by atoms with Crippen molar-refractivity contribution in [3.8, 4) is 11.8 Å². The fourth-order valence-electron chi connectivity index (χ4n) is 4.26. The summed E-state index contributed by atoms with van der Waals surface area (Å²) in [6.45, 7) is 5.68. The molecule has 2 nitrogen and oxygen atoms in total. The van der Waals surface area contributed by atoms with E-state index in [1.54, 1.807) is 0 Å². The number of piperidine rings is 3. The molecule has 0 spiro atoms. The highest BCUT2D eigenvalue weighted by Gasteiger charge is 2.46. The number of nitrogens with zero attached hydrogens (tertiary/aromatic N) is 1. The summed E-state index contributed by atoms with van der Waals surface area (Å²) in [6.07, 6.45) is 7.41. The van der Waals surface area contributed by atoms with E-state index in [0.29, 0.717) is 11.8 Å². The van der Waals surface area contributed by atoms with Crippen molar-refractivity contribution in [2.75, 3.05) is 26.7 Å². The van der Waals surface area contributed by atoms with E-state index in [9.17, 15) is 0 Å². The fraction of sp³-hybridized carbons (Fsp3) is 0.636. The molecule has 130 valence electrons. The lowest BCUT2D eigenvalue weighted by Crippen LogP contribution is -2.59. The van der Waals surface area contributed by atoms with E-state index in [-0.39, 0.29) is 5.60 Å². The molecule has 3 aliphatic heterocycles. The third-order valence-corrected chi connectivity index (χ3v) is 5.83. The number of rotatable bonds is 6. The van der Waals surface area contributed by atoms with Gasteiger partial charge in [-0.3, -0.25) is 4.90 Å². The zero-order chi connectivity index (χ0) is 16.8. The highest BCUT2D eigenvalue weighted by molar-refractivity contribution is 5.31. The lowest BCUT2D eigenvalue weighted by Gasteiger charge is -2.49. The summed E-state index contributed by atoms with van der Waals surface area (Å²) >= 11 is 0. The van der Waals surface area contributed by atoms with E-state index in [0.717, 1.165) is 13.0 Å². The minimum absolute atomic E-state index is 0.242. The molecule has 2 heteroatoms. The topological polar surface area (TPSA) is 12.5 Å². The van der Waals surface area contributed by atoms with Crippen molar-refractivity contribution >= 4 is 0 Å². The molecule has 2 atom stereocenters. The normalized spacial score (nSPS) is 29.8. The lowest BCUT2D eigenvalue weighted by atomic mass is 9.75. The van der Waals surface area contributed by atoms with Gasteiger partial charge >= 0.3 is 0 Å². The van der Waals surface area contributed by atoms with Gasteiger partial charge in [0.05, 0.1) is 0 Å². The predicted molar refractivity (Wildman–Crippen MR) is 100 cm³/mol. The Morgan fingerprint density at radius 1 is 1.21 bits per heavy atom. The molecule has 3 heterocycles. The van der Waals surface area contributed by atoms with Crippen LogP contribution in [0.5, 0.6) is 0 Å². The molecule has 3 saturated heterocycles. The van der Waals surface area contributed by atoms with Crippen molar-refractivity contribution in [3.63, 3.8) is 0 Å². The zero-order valence-electron chi connectivity index (χ0n) is 15.3. The van der Waals surface area contributed by atoms with Gasteiger partial charge in [0, 0.05) is 25.5 Å². The number of hydrogen-bond acceptors (Lipinski definition) is 2. The van der Waals surface area contributed by atoms with Crippen molar-refractivity contribution in [3.05, 3.63) is 35.9 Å². The Bertz CT molecular complexity index is 565. The quantitative estimate of drug-likeness (QED) is 0.565. The van der Waals surface area contributed by atoms with Crippen molar-refractivity contribution in [2.24, 2.45) is 5.92 Å². The van der Waals surface area contributed by atoms with Gasteiger partial charge in [-0.15, -0.1) is 0 Å². The van der Waals surface area contributed by atoms with Crippen LogP contribution in [0, 0.1) is 17.8 Å². The molecule has 1 aromatic carbocycles. The summed E-state index contributed by atoms with van der Waals surface area (Å²) in [5.41, 5.74) is 1.11. The van der Waals surface area contributed by atoms with Gasteiger partial charge in [0.15, 0.2) is 0 Å². The summed E-state index contributed by atoms with van der Waals surface area (Å²) < 4.78 is 6.01. The lowest BCUT2D eigenvalue weighted by molar-refractivity contribution is -0.0962. The molecule has 4 rings (SSSR count). The second kappa shape index (κ2) is 8.19. The van der Waals surface area contributed by atoms with Crippen molar-refractivity contribution in [1.29, 1.82) is 0 Å². The average molecular weight is 325 g/mol. The Kier molecular flexibility index (Phi) is 5.98. The molecule has 3 fully saturated rings. The summed E-state index contributed by atoms with van der Waals surface area (Å²) in [5, 5.41) is 0. The largest absolute Gasteiger partial charge is 0.364 e. The van der Waals surface area contributed by atoms with E-state index in [2.05, 4.69) is 54.0 Å². The number of ether oxygens (including phenoxy) is 1. The van der Waals surface area contributed by atoms with E-state index >= 15 is 0 Å². The van der Waals surface area contributed by atoms with Crippen molar-refractivity contribution < 1.29 is 4.74 Å². The van der Waals surface area contributed by atoms with Gasteiger partial charge in [-0.1, -0.05) is 68.4 Å². The van der Waals surface area contributed by atoms with Crippen LogP contribution < -0.4 is 0 Å². The van der Waals surface area contributed by atoms with Crippen LogP contribution in [0.25, 0.3) is 0 Å². The molecule has 0 aliphatic carbocycles. The first kappa shape index (κ1) is 17.5. The Labute approximate surface area is 147 Å². The first-order valence-corrected chi connectivity index (χ1v) is 9.62. The molecule has 2 bridgehead atoms. The maximum absolute atomic E-state index is 6.01. The number of unbranched alkanes of at least 4 members (excludes halogenated alkanes) is 2. The molecule has 1 unspecified atom stereocenters. The smallest absolute Gasteiger partial charge is 0.143 e. The van der Waals surface area contributed by atoms with Crippen LogP contribution in [0.1, 0.15) is 56.9 Å². The molecule has 24 heavy (non-hydrogen) atoms. The average Bonchev–Trinajstić information content (AvgIpc) is 2.66. The standard InChI is InChI=1S/C22H31NO/c1-3-4-6-9-20(19-10-7-5-8-11-19)12-15-22(24-2)18-23-16-13-21(22)14-17-23/h5,7-8,10-11,20-21H,3-4,6,9,13-14,16-18H2,1-2H3/t20?,22-/m1/s1. The van der Waals surface area contributed by atoms with Crippen LogP contribution in [0.15, 0.2) is 30.3 Å². The van der Waals surface area contributed by atoms with Crippen molar-refractivity contribution in [2.45, 2.75) is 57.0 Å². The molecule has 0 radical (unpaired) electrons. The van der Waals surface area contributed by atoms with E-state index in [1.165, 1.54) is 50.8 Å². The molecule has 1 aromatic rings. The van der Waals surface area contributed by atoms with Crippen LogP contribution in [0.2, 0.25) is 0 Å². The SMILES string of the molecule is CCCCCC(C#C[C@@]1(OC)CN2CCC1CC2)c1ccccc1. The number of methoxy groups -OCH3 is 1. The van der Waals surface area contributed by atoms with E-state index < -0.39 is 0 Å². The molecular formula is C22H31NO. The molecule has 3 aliphatic rings. The monoisotopic (exact) mass is 325 g/mol. The Hall–Kier alpha value is -1.30. The Morgan fingerprint density at radius 2 is 1.96 bits per heavy atom.